The molecule has 0 unspecified atom stereocenters. The van der Waals surface area contributed by atoms with Gasteiger partial charge in [0.15, 0.2) is 0 Å². The van der Waals surface area contributed by atoms with Gasteiger partial charge in [0, 0.05) is 37.0 Å². The van der Waals surface area contributed by atoms with Gasteiger partial charge in [-0.25, -0.2) is 4.39 Å². The lowest BCUT2D eigenvalue weighted by Crippen LogP contribution is -2.27. The fraction of sp³-hybridized carbons (Fsp3) is 0.471. The molecule has 1 fully saturated rings. The molecule has 2 aromatic rings. The van der Waals surface area contributed by atoms with Gasteiger partial charge in [-0.1, -0.05) is 31.0 Å². The molecule has 1 aliphatic rings. The second-order valence-electron chi connectivity index (χ2n) is 5.95. The molecule has 0 spiro atoms. The molecular weight excluding hydrogens is 265 g/mol. The molecule has 0 radical (unpaired) electrons. The summed E-state index contributed by atoms with van der Waals surface area (Å²) in [5.41, 5.74) is 1.94. The highest BCUT2D eigenvalue weighted by atomic mass is 19.1. The number of aryl methyl sites for hydroxylation is 1. The zero-order chi connectivity index (χ0) is 14.7. The van der Waals surface area contributed by atoms with Crippen LogP contribution in [0.5, 0.6) is 0 Å². The van der Waals surface area contributed by atoms with Crippen LogP contribution in [0.1, 0.15) is 42.9 Å². The van der Waals surface area contributed by atoms with E-state index in [1.807, 2.05) is 31.6 Å². The first-order valence-electron chi connectivity index (χ1n) is 7.69. The van der Waals surface area contributed by atoms with Gasteiger partial charge < -0.3 is 5.32 Å². The molecule has 1 atom stereocenters. The Kier molecular flexibility index (Phi) is 4.34. The van der Waals surface area contributed by atoms with Gasteiger partial charge in [0.25, 0.3) is 0 Å². The highest BCUT2D eigenvalue weighted by Gasteiger charge is 2.27. The molecule has 3 rings (SSSR count). The van der Waals surface area contributed by atoms with Gasteiger partial charge in [0.1, 0.15) is 5.82 Å². The first-order chi connectivity index (χ1) is 10.2. The summed E-state index contributed by atoms with van der Waals surface area (Å²) in [4.78, 5) is 0. The van der Waals surface area contributed by atoms with E-state index in [0.29, 0.717) is 5.92 Å². The van der Waals surface area contributed by atoms with Crippen molar-refractivity contribution in [3.05, 3.63) is 53.6 Å². The lowest BCUT2D eigenvalue weighted by atomic mass is 9.91. The van der Waals surface area contributed by atoms with Crippen molar-refractivity contribution in [2.45, 2.75) is 38.3 Å². The quantitative estimate of drug-likeness (QED) is 0.911. The van der Waals surface area contributed by atoms with Crippen LogP contribution < -0.4 is 5.32 Å². The zero-order valence-electron chi connectivity index (χ0n) is 12.4. The fourth-order valence-electron chi connectivity index (χ4n) is 3.34. The molecule has 1 heterocycles. The molecule has 1 N–H and O–H groups in total. The molecule has 3 nitrogen and oxygen atoms in total. The van der Waals surface area contributed by atoms with E-state index in [9.17, 15) is 4.39 Å². The molecule has 112 valence electrons. The molecule has 0 bridgehead atoms. The van der Waals surface area contributed by atoms with Gasteiger partial charge in [0.2, 0.25) is 0 Å². The Morgan fingerprint density at radius 2 is 2.10 bits per heavy atom. The predicted octanol–water partition coefficient (Wildman–Crippen LogP) is 3.58. The summed E-state index contributed by atoms with van der Waals surface area (Å²) in [6.45, 7) is 0.726. The number of halogens is 1. The number of nitrogens with zero attached hydrogens (tertiary/aromatic N) is 2. The maximum atomic E-state index is 14.2. The molecule has 1 aromatic heterocycles. The van der Waals surface area contributed by atoms with Crippen molar-refractivity contribution in [1.82, 2.24) is 15.1 Å². The van der Waals surface area contributed by atoms with E-state index in [1.165, 1.54) is 25.7 Å². The fourth-order valence-corrected chi connectivity index (χ4v) is 3.34. The van der Waals surface area contributed by atoms with E-state index in [0.717, 1.165) is 17.7 Å². The zero-order valence-corrected chi connectivity index (χ0v) is 12.4. The third-order valence-corrected chi connectivity index (χ3v) is 4.40. The minimum absolute atomic E-state index is 0.0916. The average molecular weight is 287 g/mol. The SMILES string of the molecule is Cn1cc(CN[C@H](c2ccccc2F)C2CCCC2)cn1. The first-order valence-corrected chi connectivity index (χ1v) is 7.69. The molecule has 4 heteroatoms. The summed E-state index contributed by atoms with van der Waals surface area (Å²) in [7, 11) is 1.91. The largest absolute Gasteiger partial charge is 0.305 e. The topological polar surface area (TPSA) is 29.9 Å². The summed E-state index contributed by atoms with van der Waals surface area (Å²) in [5.74, 6) is 0.423. The van der Waals surface area contributed by atoms with Crippen LogP contribution in [-0.4, -0.2) is 9.78 Å². The van der Waals surface area contributed by atoms with Crippen molar-refractivity contribution in [3.8, 4) is 0 Å². The van der Waals surface area contributed by atoms with E-state index in [4.69, 9.17) is 0 Å². The van der Waals surface area contributed by atoms with E-state index in [1.54, 1.807) is 16.8 Å². The van der Waals surface area contributed by atoms with Crippen LogP contribution in [0, 0.1) is 11.7 Å². The maximum absolute atomic E-state index is 14.2. The van der Waals surface area contributed by atoms with Crippen LogP contribution in [0.2, 0.25) is 0 Å². The normalized spacial score (nSPS) is 17.2. The first kappa shape index (κ1) is 14.3. The third kappa shape index (κ3) is 3.32. The van der Waals surface area contributed by atoms with Crippen molar-refractivity contribution in [1.29, 1.82) is 0 Å². The van der Waals surface area contributed by atoms with Gasteiger partial charge in [-0.3, -0.25) is 4.68 Å². The van der Waals surface area contributed by atoms with Crippen LogP contribution in [0.4, 0.5) is 4.39 Å². The number of aromatic nitrogens is 2. The Balaban J connectivity index is 1.77. The summed E-state index contributed by atoms with van der Waals surface area (Å²) in [5, 5.41) is 7.74. The maximum Gasteiger partial charge on any atom is 0.127 e. The predicted molar refractivity (Wildman–Crippen MR) is 81.1 cm³/mol. The van der Waals surface area contributed by atoms with E-state index < -0.39 is 0 Å². The van der Waals surface area contributed by atoms with Gasteiger partial charge >= 0.3 is 0 Å². The Morgan fingerprint density at radius 3 is 2.76 bits per heavy atom. The van der Waals surface area contributed by atoms with Crippen molar-refractivity contribution >= 4 is 0 Å². The summed E-state index contributed by atoms with van der Waals surface area (Å²) in [6.07, 6.45) is 8.73. The minimum Gasteiger partial charge on any atom is -0.305 e. The van der Waals surface area contributed by atoms with Crippen LogP contribution in [0.15, 0.2) is 36.7 Å². The van der Waals surface area contributed by atoms with E-state index in [-0.39, 0.29) is 11.9 Å². The van der Waals surface area contributed by atoms with Crippen molar-refractivity contribution in [2.24, 2.45) is 13.0 Å². The second kappa shape index (κ2) is 6.39. The van der Waals surface area contributed by atoms with Crippen LogP contribution in [0.3, 0.4) is 0 Å². The van der Waals surface area contributed by atoms with Crippen LogP contribution >= 0.6 is 0 Å². The smallest absolute Gasteiger partial charge is 0.127 e. The monoisotopic (exact) mass is 287 g/mol. The van der Waals surface area contributed by atoms with Gasteiger partial charge in [-0.15, -0.1) is 0 Å². The van der Waals surface area contributed by atoms with E-state index in [2.05, 4.69) is 10.4 Å². The van der Waals surface area contributed by atoms with Crippen LogP contribution in [-0.2, 0) is 13.6 Å². The number of rotatable bonds is 5. The standard InChI is InChI=1S/C17H22FN3/c1-21-12-13(11-20-21)10-19-17(14-6-2-3-7-14)15-8-4-5-9-16(15)18/h4-5,8-9,11-12,14,17,19H,2-3,6-7,10H2,1H3/t17-/m0/s1. The van der Waals surface area contributed by atoms with Gasteiger partial charge in [-0.05, 0) is 24.8 Å². The van der Waals surface area contributed by atoms with Crippen molar-refractivity contribution < 1.29 is 4.39 Å². The van der Waals surface area contributed by atoms with Crippen molar-refractivity contribution in [2.75, 3.05) is 0 Å². The summed E-state index contributed by atoms with van der Waals surface area (Å²) >= 11 is 0. The van der Waals surface area contributed by atoms with Crippen LogP contribution in [0.25, 0.3) is 0 Å². The molecule has 1 saturated carbocycles. The van der Waals surface area contributed by atoms with Gasteiger partial charge in [0.05, 0.1) is 6.20 Å². The third-order valence-electron chi connectivity index (χ3n) is 4.40. The highest BCUT2D eigenvalue weighted by molar-refractivity contribution is 5.22. The number of hydrogen-bond acceptors (Lipinski definition) is 2. The highest BCUT2D eigenvalue weighted by Crippen LogP contribution is 2.36. The molecule has 1 aromatic carbocycles. The lowest BCUT2D eigenvalue weighted by molar-refractivity contribution is 0.355. The van der Waals surface area contributed by atoms with Gasteiger partial charge in [-0.2, -0.15) is 5.10 Å². The minimum atomic E-state index is -0.104. The summed E-state index contributed by atoms with van der Waals surface area (Å²) < 4.78 is 16.0. The molecular formula is C17H22FN3. The molecule has 0 amide bonds. The number of nitrogens with one attached hydrogen (secondary N) is 1. The average Bonchev–Trinajstić information content (AvgIpc) is 3.13. The molecule has 0 saturated heterocycles. The molecule has 1 aliphatic carbocycles. The van der Waals surface area contributed by atoms with E-state index >= 15 is 0 Å². The molecule has 21 heavy (non-hydrogen) atoms. The number of benzene rings is 1. The second-order valence-corrected chi connectivity index (χ2v) is 5.95. The Labute approximate surface area is 125 Å². The Morgan fingerprint density at radius 1 is 1.33 bits per heavy atom. The lowest BCUT2D eigenvalue weighted by Gasteiger charge is -2.25. The Hall–Kier alpha value is -1.68. The molecule has 0 aliphatic heterocycles. The Bertz CT molecular complexity index is 587. The number of hydrogen-bond donors (Lipinski definition) is 1. The summed E-state index contributed by atoms with van der Waals surface area (Å²) in [6, 6.07) is 7.24. The van der Waals surface area contributed by atoms with Crippen molar-refractivity contribution in [3.63, 3.8) is 0 Å².